The van der Waals surface area contributed by atoms with Gasteiger partial charge in [0.05, 0.1) is 12.9 Å². The van der Waals surface area contributed by atoms with Crippen LogP contribution in [0.4, 0.5) is 0 Å². The molecule has 0 unspecified atom stereocenters. The van der Waals surface area contributed by atoms with Crippen molar-refractivity contribution in [2.75, 3.05) is 6.61 Å². The summed E-state index contributed by atoms with van der Waals surface area (Å²) in [4.78, 5) is 12.0. The third-order valence-electron chi connectivity index (χ3n) is 4.97. The van der Waals surface area contributed by atoms with Crippen molar-refractivity contribution in [3.8, 4) is 0 Å². The zero-order chi connectivity index (χ0) is 23.4. The van der Waals surface area contributed by atoms with Gasteiger partial charge >= 0.3 is 5.97 Å². The van der Waals surface area contributed by atoms with Gasteiger partial charge in [-0.05, 0) is 66.9 Å². The SMILES string of the molecule is C/C=C(/C)C(=O)O[C@@H]1[C@@H](O)[C@H](O/C=C/C(C)=C/C/C=C(\C)CCC=C(C)C)OC[C@H]1O. The van der Waals surface area contributed by atoms with Crippen molar-refractivity contribution < 1.29 is 29.2 Å². The maximum absolute atomic E-state index is 12.0. The first-order valence-corrected chi connectivity index (χ1v) is 10.7. The number of allylic oxidation sites excluding steroid dienone is 8. The van der Waals surface area contributed by atoms with Crippen molar-refractivity contribution in [2.45, 2.75) is 85.4 Å². The average Bonchev–Trinajstić information content (AvgIpc) is 2.71. The van der Waals surface area contributed by atoms with Gasteiger partial charge in [-0.3, -0.25) is 0 Å². The van der Waals surface area contributed by atoms with Crippen molar-refractivity contribution >= 4 is 5.97 Å². The minimum Gasteiger partial charge on any atom is -0.470 e. The van der Waals surface area contributed by atoms with Gasteiger partial charge in [0.1, 0.15) is 6.10 Å². The Labute approximate surface area is 186 Å². The second-order valence-electron chi connectivity index (χ2n) is 8.09. The van der Waals surface area contributed by atoms with Crippen LogP contribution in [-0.2, 0) is 19.0 Å². The maximum Gasteiger partial charge on any atom is 0.333 e. The number of hydrogen-bond acceptors (Lipinski definition) is 6. The molecule has 0 amide bonds. The lowest BCUT2D eigenvalue weighted by atomic mass is 10.1. The van der Waals surface area contributed by atoms with Crippen molar-refractivity contribution in [3.05, 3.63) is 58.9 Å². The Morgan fingerprint density at radius 1 is 1.10 bits per heavy atom. The topological polar surface area (TPSA) is 85.2 Å². The Bertz CT molecular complexity index is 724. The number of aliphatic hydroxyl groups is 2. The molecule has 0 spiro atoms. The van der Waals surface area contributed by atoms with E-state index in [9.17, 15) is 15.0 Å². The smallest absolute Gasteiger partial charge is 0.333 e. The molecular weight excluding hydrogens is 396 g/mol. The van der Waals surface area contributed by atoms with Gasteiger partial charge in [-0.15, -0.1) is 0 Å². The largest absolute Gasteiger partial charge is 0.470 e. The lowest BCUT2D eigenvalue weighted by Crippen LogP contribution is -2.55. The van der Waals surface area contributed by atoms with E-state index in [4.69, 9.17) is 14.2 Å². The molecule has 1 aliphatic rings. The molecule has 6 nitrogen and oxygen atoms in total. The van der Waals surface area contributed by atoms with Gasteiger partial charge in [-0.2, -0.15) is 0 Å². The molecule has 6 heteroatoms. The number of carbonyl (C=O) groups is 1. The van der Waals surface area contributed by atoms with Crippen LogP contribution in [0.1, 0.15) is 60.8 Å². The van der Waals surface area contributed by atoms with E-state index in [0.29, 0.717) is 5.57 Å². The molecular formula is C25H38O6. The number of esters is 1. The molecule has 2 N–H and O–H groups in total. The highest BCUT2D eigenvalue weighted by Crippen LogP contribution is 2.21. The van der Waals surface area contributed by atoms with Gasteiger partial charge in [0.25, 0.3) is 0 Å². The predicted octanol–water partition coefficient (Wildman–Crippen LogP) is 4.50. The summed E-state index contributed by atoms with van der Waals surface area (Å²) in [5.74, 6) is -0.593. The highest BCUT2D eigenvalue weighted by molar-refractivity contribution is 5.87. The molecule has 4 atom stereocenters. The van der Waals surface area contributed by atoms with E-state index in [1.807, 2.05) is 6.92 Å². The first-order valence-electron chi connectivity index (χ1n) is 10.7. The van der Waals surface area contributed by atoms with Crippen LogP contribution in [-0.4, -0.2) is 47.4 Å². The molecule has 0 aromatic carbocycles. The third-order valence-corrected chi connectivity index (χ3v) is 4.97. The summed E-state index contributed by atoms with van der Waals surface area (Å²) in [6.07, 6.45) is 9.71. The van der Waals surface area contributed by atoms with Gasteiger partial charge in [-0.1, -0.05) is 41.0 Å². The zero-order valence-electron chi connectivity index (χ0n) is 19.6. The normalized spacial score (nSPS) is 25.5. The second kappa shape index (κ2) is 14.0. The minimum atomic E-state index is -1.31. The van der Waals surface area contributed by atoms with Crippen LogP contribution in [0.25, 0.3) is 0 Å². The zero-order valence-corrected chi connectivity index (χ0v) is 19.6. The fourth-order valence-electron chi connectivity index (χ4n) is 2.80. The number of carbonyl (C=O) groups excluding carboxylic acids is 1. The molecule has 1 aliphatic heterocycles. The Kier molecular flexibility index (Phi) is 12.2. The van der Waals surface area contributed by atoms with Gasteiger partial charge < -0.3 is 24.4 Å². The summed E-state index contributed by atoms with van der Waals surface area (Å²) in [5, 5.41) is 20.4. The first kappa shape index (κ1) is 26.9. The summed E-state index contributed by atoms with van der Waals surface area (Å²) < 4.78 is 16.0. The molecule has 0 aromatic heterocycles. The van der Waals surface area contributed by atoms with Gasteiger partial charge in [-0.25, -0.2) is 4.79 Å². The molecule has 174 valence electrons. The van der Waals surface area contributed by atoms with Crippen LogP contribution >= 0.6 is 0 Å². The van der Waals surface area contributed by atoms with Gasteiger partial charge in [0, 0.05) is 5.57 Å². The summed E-state index contributed by atoms with van der Waals surface area (Å²) in [6, 6.07) is 0. The van der Waals surface area contributed by atoms with Crippen LogP contribution in [0.2, 0.25) is 0 Å². The molecule has 0 aromatic rings. The molecule has 31 heavy (non-hydrogen) atoms. The first-order chi connectivity index (χ1) is 14.6. The summed E-state index contributed by atoms with van der Waals surface area (Å²) >= 11 is 0. The van der Waals surface area contributed by atoms with E-state index in [1.54, 1.807) is 26.0 Å². The molecule has 0 saturated carbocycles. The summed E-state index contributed by atoms with van der Waals surface area (Å²) in [7, 11) is 0. The molecule has 0 radical (unpaired) electrons. The predicted molar refractivity (Wildman–Crippen MR) is 122 cm³/mol. The molecule has 1 heterocycles. The van der Waals surface area contributed by atoms with E-state index in [-0.39, 0.29) is 6.61 Å². The van der Waals surface area contributed by atoms with Crippen molar-refractivity contribution in [1.29, 1.82) is 0 Å². The molecule has 0 aliphatic carbocycles. The second-order valence-corrected chi connectivity index (χ2v) is 8.09. The van der Waals surface area contributed by atoms with E-state index >= 15 is 0 Å². The van der Waals surface area contributed by atoms with Crippen LogP contribution in [0.3, 0.4) is 0 Å². The van der Waals surface area contributed by atoms with Crippen molar-refractivity contribution in [3.63, 3.8) is 0 Å². The van der Waals surface area contributed by atoms with E-state index in [0.717, 1.165) is 24.8 Å². The Morgan fingerprint density at radius 2 is 1.81 bits per heavy atom. The van der Waals surface area contributed by atoms with Gasteiger partial charge in [0.2, 0.25) is 6.29 Å². The van der Waals surface area contributed by atoms with Crippen LogP contribution in [0.15, 0.2) is 58.9 Å². The van der Waals surface area contributed by atoms with Crippen LogP contribution in [0, 0.1) is 0 Å². The highest BCUT2D eigenvalue weighted by Gasteiger charge is 2.42. The summed E-state index contributed by atoms with van der Waals surface area (Å²) in [5.41, 5.74) is 4.09. The number of ether oxygens (including phenoxy) is 3. The molecule has 0 bridgehead atoms. The summed E-state index contributed by atoms with van der Waals surface area (Å²) in [6.45, 7) is 11.5. The Morgan fingerprint density at radius 3 is 2.45 bits per heavy atom. The van der Waals surface area contributed by atoms with E-state index in [2.05, 4.69) is 39.0 Å². The molecule has 1 saturated heterocycles. The monoisotopic (exact) mass is 434 g/mol. The highest BCUT2D eigenvalue weighted by atomic mass is 16.7. The fraction of sp³-hybridized carbons (Fsp3) is 0.560. The van der Waals surface area contributed by atoms with E-state index < -0.39 is 30.6 Å². The standard InChI is InChI=1S/C25H38O6/c1-7-20(6)24(28)31-23-21(26)16-30-25(22(23)27)29-15-14-19(5)13-9-12-18(4)11-8-10-17(2)3/h7,10,12-15,21-23,25-27H,8-9,11,16H2,1-6H3/b15-14+,18-12+,19-13+,20-7-/t21-,22-,23+,25-/m1/s1. The van der Waals surface area contributed by atoms with Gasteiger partial charge in [0.15, 0.2) is 12.2 Å². The van der Waals surface area contributed by atoms with Crippen LogP contribution < -0.4 is 0 Å². The Balaban J connectivity index is 2.55. The molecule has 1 fully saturated rings. The minimum absolute atomic E-state index is 0.103. The maximum atomic E-state index is 12.0. The number of hydrogen-bond donors (Lipinski definition) is 2. The average molecular weight is 435 g/mol. The number of aliphatic hydroxyl groups excluding tert-OH is 2. The van der Waals surface area contributed by atoms with Crippen LogP contribution in [0.5, 0.6) is 0 Å². The van der Waals surface area contributed by atoms with Crippen molar-refractivity contribution in [1.82, 2.24) is 0 Å². The fourth-order valence-corrected chi connectivity index (χ4v) is 2.80. The lowest BCUT2D eigenvalue weighted by Gasteiger charge is -2.36. The molecule has 1 rings (SSSR count). The van der Waals surface area contributed by atoms with Crippen molar-refractivity contribution in [2.24, 2.45) is 0 Å². The lowest BCUT2D eigenvalue weighted by molar-refractivity contribution is -0.258. The quantitative estimate of drug-likeness (QED) is 0.173. The number of rotatable bonds is 10. The Hall–Kier alpha value is -2.15. The third kappa shape index (κ3) is 10.1. The van der Waals surface area contributed by atoms with E-state index in [1.165, 1.54) is 17.4 Å².